The fourth-order valence-electron chi connectivity index (χ4n) is 0.376. The summed E-state index contributed by atoms with van der Waals surface area (Å²) in [5, 5.41) is 0. The zero-order valence-corrected chi connectivity index (χ0v) is 8.31. The van der Waals surface area contributed by atoms with Crippen LogP contribution in [-0.4, -0.2) is 21.6 Å². The van der Waals surface area contributed by atoms with E-state index in [4.69, 9.17) is 15.5 Å². The van der Waals surface area contributed by atoms with Gasteiger partial charge in [0.15, 0.2) is 0 Å². The van der Waals surface area contributed by atoms with E-state index in [1.807, 2.05) is 13.8 Å². The molecule has 0 aromatic carbocycles. The van der Waals surface area contributed by atoms with E-state index in [1.54, 1.807) is 0 Å². The molecule has 0 aromatic rings. The Bertz CT molecular complexity index is 158. The third kappa shape index (κ3) is 6.84. The van der Waals surface area contributed by atoms with Crippen LogP contribution in [0, 0.1) is 5.92 Å². The van der Waals surface area contributed by atoms with Crippen LogP contribution in [0.2, 0.25) is 0 Å². The number of rotatable bonds is 4. The van der Waals surface area contributed by atoms with Crippen molar-refractivity contribution >= 4 is 18.2 Å². The molecule has 0 saturated carbocycles. The van der Waals surface area contributed by atoms with Gasteiger partial charge in [0, 0.05) is 11.8 Å². The summed E-state index contributed by atoms with van der Waals surface area (Å²) < 4.78 is 10.4. The summed E-state index contributed by atoms with van der Waals surface area (Å²) in [7, 11) is 0. The summed E-state index contributed by atoms with van der Waals surface area (Å²) in [4.78, 5) is 16.9. The second-order valence-electron chi connectivity index (χ2n) is 2.69. The maximum absolute atomic E-state index is 10.4. The van der Waals surface area contributed by atoms with Gasteiger partial charge >= 0.3 is 6.80 Å². The SMILES string of the molecule is CC(C)C(N)CSP(=O)(O)O. The molecule has 68 valence electrons. The lowest BCUT2D eigenvalue weighted by Gasteiger charge is -2.14. The first-order chi connectivity index (χ1) is 4.83. The van der Waals surface area contributed by atoms with Crippen molar-refractivity contribution in [1.29, 1.82) is 0 Å². The van der Waals surface area contributed by atoms with E-state index >= 15 is 0 Å². The lowest BCUT2D eigenvalue weighted by atomic mass is 10.1. The molecule has 0 aromatic heterocycles. The Balaban J connectivity index is 3.63. The molecular weight excluding hydrogens is 185 g/mol. The zero-order chi connectivity index (χ0) is 9.07. The molecule has 0 rings (SSSR count). The van der Waals surface area contributed by atoms with Gasteiger partial charge in [-0.3, -0.25) is 0 Å². The number of nitrogens with two attached hydrogens (primary N) is 1. The lowest BCUT2D eigenvalue weighted by molar-refractivity contribution is 0.396. The highest BCUT2D eigenvalue weighted by atomic mass is 32.7. The zero-order valence-electron chi connectivity index (χ0n) is 6.60. The molecule has 0 fully saturated rings. The standard InChI is InChI=1S/C5H14NO3PS/c1-4(2)5(6)3-11-10(7,8)9/h4-5H,3,6H2,1-2H3,(H2,7,8,9). The molecule has 11 heavy (non-hydrogen) atoms. The van der Waals surface area contributed by atoms with Crippen molar-refractivity contribution in [2.45, 2.75) is 19.9 Å². The van der Waals surface area contributed by atoms with Crippen LogP contribution in [0.15, 0.2) is 0 Å². The molecule has 1 unspecified atom stereocenters. The molecular formula is C5H14NO3PS. The van der Waals surface area contributed by atoms with E-state index in [-0.39, 0.29) is 12.0 Å². The Labute approximate surface area is 70.5 Å². The highest BCUT2D eigenvalue weighted by Gasteiger charge is 2.17. The molecule has 0 bridgehead atoms. The second-order valence-corrected chi connectivity index (χ2v) is 6.47. The molecule has 0 aliphatic carbocycles. The normalized spacial score (nSPS) is 15.5. The molecule has 0 heterocycles. The average molecular weight is 199 g/mol. The molecule has 4 N–H and O–H groups in total. The van der Waals surface area contributed by atoms with Crippen LogP contribution in [-0.2, 0) is 4.57 Å². The summed E-state index contributed by atoms with van der Waals surface area (Å²) in [6.45, 7) is -0.0796. The van der Waals surface area contributed by atoms with Crippen LogP contribution in [0.1, 0.15) is 13.8 Å². The van der Waals surface area contributed by atoms with Gasteiger partial charge in [-0.1, -0.05) is 13.8 Å². The Hall–Kier alpha value is 0.460. The van der Waals surface area contributed by atoms with E-state index in [0.717, 1.165) is 0 Å². The minimum absolute atomic E-state index is 0.146. The van der Waals surface area contributed by atoms with Crippen molar-refractivity contribution in [3.8, 4) is 0 Å². The topological polar surface area (TPSA) is 83.6 Å². The van der Waals surface area contributed by atoms with Crippen molar-refractivity contribution in [3.05, 3.63) is 0 Å². The Kier molecular flexibility index (Phi) is 4.66. The molecule has 0 radical (unpaired) electrons. The molecule has 0 saturated heterocycles. The monoisotopic (exact) mass is 199 g/mol. The minimum Gasteiger partial charge on any atom is -0.327 e. The Morgan fingerprint density at radius 1 is 1.55 bits per heavy atom. The van der Waals surface area contributed by atoms with Gasteiger partial charge in [-0.15, -0.1) is 0 Å². The summed E-state index contributed by atoms with van der Waals surface area (Å²) in [5.41, 5.74) is 5.56. The highest BCUT2D eigenvalue weighted by Crippen LogP contribution is 2.50. The van der Waals surface area contributed by atoms with Crippen LogP contribution < -0.4 is 5.73 Å². The predicted molar refractivity (Wildman–Crippen MR) is 47.3 cm³/mol. The van der Waals surface area contributed by atoms with E-state index < -0.39 is 6.80 Å². The summed E-state index contributed by atoms with van der Waals surface area (Å²) in [6.07, 6.45) is 0. The van der Waals surface area contributed by atoms with Crippen LogP contribution >= 0.6 is 18.2 Å². The third-order valence-corrected chi connectivity index (χ3v) is 3.62. The van der Waals surface area contributed by atoms with E-state index in [0.29, 0.717) is 17.1 Å². The van der Waals surface area contributed by atoms with E-state index in [9.17, 15) is 4.57 Å². The maximum Gasteiger partial charge on any atom is 0.384 e. The van der Waals surface area contributed by atoms with Crippen LogP contribution in [0.5, 0.6) is 0 Å². The third-order valence-electron chi connectivity index (χ3n) is 1.29. The van der Waals surface area contributed by atoms with Gasteiger partial charge in [0.05, 0.1) is 0 Å². The molecule has 6 heteroatoms. The first-order valence-corrected chi connectivity index (χ1v) is 6.49. The van der Waals surface area contributed by atoms with Crippen molar-refractivity contribution in [1.82, 2.24) is 0 Å². The van der Waals surface area contributed by atoms with Crippen molar-refractivity contribution in [3.63, 3.8) is 0 Å². The van der Waals surface area contributed by atoms with Gasteiger partial charge in [-0.25, -0.2) is 4.57 Å². The average Bonchev–Trinajstić information content (AvgIpc) is 1.80. The van der Waals surface area contributed by atoms with Gasteiger partial charge in [0.25, 0.3) is 0 Å². The molecule has 1 atom stereocenters. The maximum atomic E-state index is 10.4. The summed E-state index contributed by atoms with van der Waals surface area (Å²) in [6, 6.07) is -0.146. The molecule has 0 spiro atoms. The second kappa shape index (κ2) is 4.48. The van der Waals surface area contributed by atoms with Crippen molar-refractivity contribution < 1.29 is 14.4 Å². The fourth-order valence-corrected chi connectivity index (χ4v) is 2.23. The van der Waals surface area contributed by atoms with Gasteiger partial charge in [-0.05, 0) is 17.3 Å². The molecule has 4 nitrogen and oxygen atoms in total. The first kappa shape index (κ1) is 11.5. The van der Waals surface area contributed by atoms with E-state index in [2.05, 4.69) is 0 Å². The highest BCUT2D eigenvalue weighted by molar-refractivity contribution is 8.54. The van der Waals surface area contributed by atoms with Gasteiger partial charge in [0.1, 0.15) is 0 Å². The van der Waals surface area contributed by atoms with Gasteiger partial charge in [0.2, 0.25) is 0 Å². The van der Waals surface area contributed by atoms with Gasteiger partial charge < -0.3 is 15.5 Å². The van der Waals surface area contributed by atoms with E-state index in [1.165, 1.54) is 0 Å². The molecule has 0 aliphatic heterocycles. The lowest BCUT2D eigenvalue weighted by Crippen LogP contribution is -2.28. The van der Waals surface area contributed by atoms with Crippen molar-refractivity contribution in [2.75, 3.05) is 5.75 Å². The summed E-state index contributed by atoms with van der Waals surface area (Å²) in [5.74, 6) is 0.566. The Morgan fingerprint density at radius 3 is 2.27 bits per heavy atom. The number of hydrogen-bond acceptors (Lipinski definition) is 3. The van der Waals surface area contributed by atoms with Crippen molar-refractivity contribution in [2.24, 2.45) is 11.7 Å². The Morgan fingerprint density at radius 2 is 2.00 bits per heavy atom. The quantitative estimate of drug-likeness (QED) is 0.583. The van der Waals surface area contributed by atoms with Crippen LogP contribution in [0.3, 0.4) is 0 Å². The fraction of sp³-hybridized carbons (Fsp3) is 1.00. The summed E-state index contributed by atoms with van der Waals surface area (Å²) >= 11 is 0.612. The largest absolute Gasteiger partial charge is 0.384 e. The molecule has 0 amide bonds. The van der Waals surface area contributed by atoms with Crippen LogP contribution in [0.4, 0.5) is 0 Å². The minimum atomic E-state index is -3.92. The number of hydrogen-bond donors (Lipinski definition) is 3. The van der Waals surface area contributed by atoms with Crippen LogP contribution in [0.25, 0.3) is 0 Å². The predicted octanol–water partition coefficient (Wildman–Crippen LogP) is 0.796. The van der Waals surface area contributed by atoms with Gasteiger partial charge in [-0.2, -0.15) is 0 Å². The molecule has 0 aliphatic rings. The first-order valence-electron chi connectivity index (χ1n) is 3.28. The smallest absolute Gasteiger partial charge is 0.327 e.